The Morgan fingerprint density at radius 1 is 1.20 bits per heavy atom. The summed E-state index contributed by atoms with van der Waals surface area (Å²) in [7, 11) is 1.28. The van der Waals surface area contributed by atoms with Gasteiger partial charge in [-0.15, -0.1) is 0 Å². The minimum atomic E-state index is -0.681. The zero-order valence-electron chi connectivity index (χ0n) is 13.9. The maximum atomic E-state index is 12.3. The van der Waals surface area contributed by atoms with Crippen LogP contribution >= 0.6 is 0 Å². The van der Waals surface area contributed by atoms with E-state index in [4.69, 9.17) is 4.74 Å². The number of ether oxygens (including phenoxy) is 1. The summed E-state index contributed by atoms with van der Waals surface area (Å²) >= 11 is 0. The number of methoxy groups -OCH3 is 1. The fraction of sp³-hybridized carbons (Fsp3) is 0.294. The molecular weight excluding hydrogens is 326 g/mol. The van der Waals surface area contributed by atoms with Crippen LogP contribution in [0.5, 0.6) is 0 Å². The first-order valence-electron chi connectivity index (χ1n) is 7.64. The van der Waals surface area contributed by atoms with E-state index in [0.717, 1.165) is 16.2 Å². The van der Waals surface area contributed by atoms with Gasteiger partial charge in [0, 0.05) is 12.3 Å². The molecule has 0 fully saturated rings. The third kappa shape index (κ3) is 4.66. The van der Waals surface area contributed by atoms with E-state index in [9.17, 15) is 19.2 Å². The van der Waals surface area contributed by atoms with Crippen LogP contribution in [0.15, 0.2) is 52.2 Å². The van der Waals surface area contributed by atoms with Gasteiger partial charge >= 0.3 is 11.7 Å². The van der Waals surface area contributed by atoms with Crippen LogP contribution in [0.3, 0.4) is 0 Å². The molecule has 132 valence electrons. The molecule has 0 saturated heterocycles. The van der Waals surface area contributed by atoms with E-state index in [2.05, 4.69) is 10.3 Å². The van der Waals surface area contributed by atoms with Gasteiger partial charge < -0.3 is 10.1 Å². The number of nitrogens with one attached hydrogen (secondary N) is 2. The molecule has 25 heavy (non-hydrogen) atoms. The van der Waals surface area contributed by atoms with E-state index in [-0.39, 0.29) is 6.54 Å². The lowest BCUT2D eigenvalue weighted by atomic mass is 9.94. The molecule has 8 nitrogen and oxygen atoms in total. The number of aromatic nitrogens is 2. The van der Waals surface area contributed by atoms with Crippen molar-refractivity contribution >= 4 is 11.9 Å². The summed E-state index contributed by atoms with van der Waals surface area (Å²) in [5.41, 5.74) is -0.481. The maximum absolute atomic E-state index is 12.3. The third-order valence-corrected chi connectivity index (χ3v) is 3.76. The lowest BCUT2D eigenvalue weighted by molar-refractivity contribution is -0.146. The van der Waals surface area contributed by atoms with Crippen molar-refractivity contribution in [2.24, 2.45) is 5.92 Å². The highest BCUT2D eigenvalue weighted by Gasteiger charge is 2.27. The van der Waals surface area contributed by atoms with Gasteiger partial charge in [0.2, 0.25) is 5.91 Å². The van der Waals surface area contributed by atoms with Crippen LogP contribution in [-0.4, -0.2) is 28.5 Å². The van der Waals surface area contributed by atoms with Gasteiger partial charge in [-0.1, -0.05) is 30.3 Å². The Labute approximate surface area is 143 Å². The first-order valence-corrected chi connectivity index (χ1v) is 7.64. The summed E-state index contributed by atoms with van der Waals surface area (Å²) in [6.45, 7) is 1.36. The van der Waals surface area contributed by atoms with Gasteiger partial charge in [-0.05, 0) is 12.5 Å². The molecule has 1 aromatic heterocycles. The molecule has 2 rings (SSSR count). The van der Waals surface area contributed by atoms with Crippen LogP contribution in [0.1, 0.15) is 18.5 Å². The second-order valence-corrected chi connectivity index (χ2v) is 5.51. The lowest BCUT2D eigenvalue weighted by Crippen LogP contribution is -2.40. The van der Waals surface area contributed by atoms with Crippen LogP contribution in [0.2, 0.25) is 0 Å². The highest BCUT2D eigenvalue weighted by molar-refractivity contribution is 5.78. The van der Waals surface area contributed by atoms with Crippen molar-refractivity contribution in [1.82, 2.24) is 14.9 Å². The van der Waals surface area contributed by atoms with Crippen molar-refractivity contribution in [2.75, 3.05) is 7.11 Å². The Kier molecular flexibility index (Phi) is 5.89. The van der Waals surface area contributed by atoms with Crippen molar-refractivity contribution < 1.29 is 14.3 Å². The molecule has 1 aromatic carbocycles. The Balaban J connectivity index is 2.21. The number of hydrogen-bond acceptors (Lipinski definition) is 5. The Bertz CT molecular complexity index is 856. The highest BCUT2D eigenvalue weighted by Crippen LogP contribution is 2.22. The molecule has 1 amide bonds. The van der Waals surface area contributed by atoms with Gasteiger partial charge in [0.15, 0.2) is 0 Å². The van der Waals surface area contributed by atoms with Gasteiger partial charge in [-0.2, -0.15) is 0 Å². The first-order chi connectivity index (χ1) is 11.9. The van der Waals surface area contributed by atoms with Crippen LogP contribution in [0, 0.1) is 5.92 Å². The largest absolute Gasteiger partial charge is 0.469 e. The number of amides is 1. The van der Waals surface area contributed by atoms with Crippen LogP contribution < -0.4 is 16.6 Å². The predicted octanol–water partition coefficient (Wildman–Crippen LogP) is 0.203. The number of aromatic amines is 1. The fourth-order valence-electron chi connectivity index (χ4n) is 2.42. The standard InChI is InChI=1S/C17H19N3O5/c1-11(16(23)25-2)15(12-6-4-3-5-7-12)18-14(22)10-20-9-8-13(21)19-17(20)24/h3-9,11,15H,10H2,1-2H3,(H,18,22)(H,19,21,24)/t11-,15+/m0/s1. The minimum absolute atomic E-state index is 0.285. The maximum Gasteiger partial charge on any atom is 0.328 e. The van der Waals surface area contributed by atoms with Crippen molar-refractivity contribution in [3.05, 3.63) is 69.0 Å². The molecule has 1 heterocycles. The molecule has 0 aliphatic heterocycles. The highest BCUT2D eigenvalue weighted by atomic mass is 16.5. The molecular formula is C17H19N3O5. The van der Waals surface area contributed by atoms with Gasteiger partial charge in [0.05, 0.1) is 19.1 Å². The summed E-state index contributed by atoms with van der Waals surface area (Å²) in [6.07, 6.45) is 1.24. The second-order valence-electron chi connectivity index (χ2n) is 5.51. The van der Waals surface area contributed by atoms with E-state index in [1.165, 1.54) is 13.3 Å². The number of hydrogen-bond donors (Lipinski definition) is 2. The molecule has 0 aliphatic carbocycles. The van der Waals surface area contributed by atoms with Crippen molar-refractivity contribution in [1.29, 1.82) is 0 Å². The van der Waals surface area contributed by atoms with E-state index in [0.29, 0.717) is 0 Å². The molecule has 0 bridgehead atoms. The van der Waals surface area contributed by atoms with Crippen LogP contribution in [0.4, 0.5) is 0 Å². The van der Waals surface area contributed by atoms with Crippen LogP contribution in [0.25, 0.3) is 0 Å². The van der Waals surface area contributed by atoms with Gasteiger partial charge in [0.1, 0.15) is 6.54 Å². The first kappa shape index (κ1) is 18.2. The number of carbonyl (C=O) groups excluding carboxylic acids is 2. The molecule has 0 radical (unpaired) electrons. The van der Waals surface area contributed by atoms with Gasteiger partial charge in [-0.25, -0.2) is 4.79 Å². The monoisotopic (exact) mass is 345 g/mol. The SMILES string of the molecule is COC(=O)[C@@H](C)[C@@H](NC(=O)Cn1ccc(=O)[nH]c1=O)c1ccccc1. The number of nitrogens with zero attached hydrogens (tertiary/aromatic N) is 1. The molecule has 2 N–H and O–H groups in total. The number of rotatable bonds is 6. The van der Waals surface area contributed by atoms with Crippen molar-refractivity contribution in [2.45, 2.75) is 19.5 Å². The summed E-state index contributed by atoms with van der Waals surface area (Å²) in [4.78, 5) is 49.0. The molecule has 2 atom stereocenters. The Morgan fingerprint density at radius 3 is 2.48 bits per heavy atom. The average Bonchev–Trinajstić information content (AvgIpc) is 2.61. The summed E-state index contributed by atoms with van der Waals surface area (Å²) in [5.74, 6) is -1.56. The topological polar surface area (TPSA) is 110 Å². The van der Waals surface area contributed by atoms with Crippen molar-refractivity contribution in [3.63, 3.8) is 0 Å². The van der Waals surface area contributed by atoms with Gasteiger partial charge in [-0.3, -0.25) is 23.9 Å². The van der Waals surface area contributed by atoms with Crippen molar-refractivity contribution in [3.8, 4) is 0 Å². The molecule has 0 unspecified atom stereocenters. The zero-order valence-corrected chi connectivity index (χ0v) is 13.9. The third-order valence-electron chi connectivity index (χ3n) is 3.76. The number of H-pyrrole nitrogens is 1. The second kappa shape index (κ2) is 8.09. The molecule has 0 saturated carbocycles. The smallest absolute Gasteiger partial charge is 0.328 e. The lowest BCUT2D eigenvalue weighted by Gasteiger charge is -2.24. The molecule has 0 spiro atoms. The van der Waals surface area contributed by atoms with E-state index < -0.39 is 35.1 Å². The van der Waals surface area contributed by atoms with Crippen LogP contribution in [-0.2, 0) is 20.9 Å². The predicted molar refractivity (Wildman–Crippen MR) is 89.8 cm³/mol. The van der Waals surface area contributed by atoms with E-state index >= 15 is 0 Å². The Hall–Kier alpha value is -3.16. The summed E-state index contributed by atoms with van der Waals surface area (Å²) < 4.78 is 5.83. The molecule has 8 heteroatoms. The van der Waals surface area contributed by atoms with Gasteiger partial charge in [0.25, 0.3) is 5.56 Å². The normalized spacial score (nSPS) is 12.9. The quantitative estimate of drug-likeness (QED) is 0.727. The van der Waals surface area contributed by atoms with E-state index in [1.54, 1.807) is 31.2 Å². The molecule has 0 aliphatic rings. The minimum Gasteiger partial charge on any atom is -0.469 e. The Morgan fingerprint density at radius 2 is 1.88 bits per heavy atom. The summed E-state index contributed by atoms with van der Waals surface area (Å²) in [6, 6.07) is 9.54. The zero-order chi connectivity index (χ0) is 18.4. The van der Waals surface area contributed by atoms with E-state index in [1.807, 2.05) is 6.07 Å². The summed E-state index contributed by atoms with van der Waals surface area (Å²) in [5, 5.41) is 2.75. The molecule has 2 aromatic rings. The fourth-order valence-corrected chi connectivity index (χ4v) is 2.42. The average molecular weight is 345 g/mol. The number of esters is 1. The number of carbonyl (C=O) groups is 2. The number of benzene rings is 1.